The van der Waals surface area contributed by atoms with Crippen LogP contribution >= 0.6 is 0 Å². The van der Waals surface area contributed by atoms with Crippen molar-refractivity contribution < 1.29 is 17.9 Å². The SMILES string of the molecule is CCCCOc1ccc(-c2cc3nc(-c4cc(C(F)(F)F)nn4C)ccc3[nH]2)c(C)c1. The Hall–Kier alpha value is -3.29. The van der Waals surface area contributed by atoms with Gasteiger partial charge < -0.3 is 9.72 Å². The Morgan fingerprint density at radius 1 is 1.10 bits per heavy atom. The maximum Gasteiger partial charge on any atom is 0.435 e. The summed E-state index contributed by atoms with van der Waals surface area (Å²) in [6.45, 7) is 4.83. The highest BCUT2D eigenvalue weighted by molar-refractivity contribution is 5.85. The molecule has 0 amide bonds. The smallest absolute Gasteiger partial charge is 0.435 e. The first-order chi connectivity index (χ1) is 14.8. The molecule has 3 aromatic heterocycles. The molecule has 0 radical (unpaired) electrons. The first-order valence-corrected chi connectivity index (χ1v) is 10.1. The number of unbranched alkanes of at least 4 members (excludes halogenated alkanes) is 1. The quantitative estimate of drug-likeness (QED) is 0.376. The number of ether oxygens (including phenoxy) is 1. The van der Waals surface area contributed by atoms with Crippen LogP contribution in [-0.2, 0) is 13.2 Å². The van der Waals surface area contributed by atoms with Gasteiger partial charge in [0.25, 0.3) is 0 Å². The standard InChI is InChI=1S/C23H23F3N4O/c1-4-5-10-31-15-6-7-16(14(2)11-15)19-12-20-17(27-19)8-9-18(28-20)21-13-22(23(24,25)26)29-30(21)3/h6-9,11-13,27H,4-5,10H2,1-3H3. The van der Waals surface area contributed by atoms with Crippen molar-refractivity contribution in [2.24, 2.45) is 7.05 Å². The van der Waals surface area contributed by atoms with Crippen molar-refractivity contribution in [3.05, 3.63) is 53.7 Å². The number of rotatable bonds is 6. The molecule has 162 valence electrons. The Labute approximate surface area is 177 Å². The van der Waals surface area contributed by atoms with Crippen molar-refractivity contribution in [1.82, 2.24) is 19.7 Å². The monoisotopic (exact) mass is 428 g/mol. The molecule has 0 saturated heterocycles. The zero-order chi connectivity index (χ0) is 22.2. The van der Waals surface area contributed by atoms with E-state index in [2.05, 4.69) is 22.0 Å². The average molecular weight is 428 g/mol. The minimum Gasteiger partial charge on any atom is -0.494 e. The first-order valence-electron chi connectivity index (χ1n) is 10.1. The zero-order valence-corrected chi connectivity index (χ0v) is 17.5. The molecule has 0 bridgehead atoms. The number of aryl methyl sites for hydroxylation is 2. The van der Waals surface area contributed by atoms with Gasteiger partial charge in [-0.05, 0) is 61.4 Å². The van der Waals surface area contributed by atoms with Crippen LogP contribution in [0.3, 0.4) is 0 Å². The molecule has 1 N–H and O–H groups in total. The number of pyridine rings is 1. The van der Waals surface area contributed by atoms with E-state index < -0.39 is 11.9 Å². The molecule has 4 rings (SSSR count). The topological polar surface area (TPSA) is 55.7 Å². The molecule has 31 heavy (non-hydrogen) atoms. The largest absolute Gasteiger partial charge is 0.494 e. The summed E-state index contributed by atoms with van der Waals surface area (Å²) in [7, 11) is 1.48. The van der Waals surface area contributed by atoms with Crippen LogP contribution in [0.2, 0.25) is 0 Å². The number of aromatic nitrogens is 4. The number of nitrogens with zero attached hydrogens (tertiary/aromatic N) is 3. The third kappa shape index (κ3) is 4.28. The van der Waals surface area contributed by atoms with Crippen LogP contribution in [-0.4, -0.2) is 26.4 Å². The molecule has 5 nitrogen and oxygen atoms in total. The Balaban J connectivity index is 1.65. The van der Waals surface area contributed by atoms with Crippen LogP contribution < -0.4 is 4.74 Å². The van der Waals surface area contributed by atoms with Crippen molar-refractivity contribution >= 4 is 11.0 Å². The number of hydrogen-bond acceptors (Lipinski definition) is 3. The fourth-order valence-electron chi connectivity index (χ4n) is 3.50. The highest BCUT2D eigenvalue weighted by atomic mass is 19.4. The lowest BCUT2D eigenvalue weighted by Gasteiger charge is -2.09. The number of hydrogen-bond donors (Lipinski definition) is 1. The second kappa shape index (κ2) is 8.09. The Morgan fingerprint density at radius 2 is 1.90 bits per heavy atom. The lowest BCUT2D eigenvalue weighted by molar-refractivity contribution is -0.141. The average Bonchev–Trinajstić information content (AvgIpc) is 3.31. The van der Waals surface area contributed by atoms with Crippen LogP contribution in [0.4, 0.5) is 13.2 Å². The number of halogens is 3. The van der Waals surface area contributed by atoms with Crippen molar-refractivity contribution in [3.63, 3.8) is 0 Å². The zero-order valence-electron chi connectivity index (χ0n) is 17.5. The molecule has 0 unspecified atom stereocenters. The predicted molar refractivity (Wildman–Crippen MR) is 114 cm³/mol. The summed E-state index contributed by atoms with van der Waals surface area (Å²) in [5, 5.41) is 3.57. The summed E-state index contributed by atoms with van der Waals surface area (Å²) in [5.41, 5.74) is 4.24. The molecule has 0 saturated carbocycles. The van der Waals surface area contributed by atoms with E-state index in [0.29, 0.717) is 23.5 Å². The predicted octanol–water partition coefficient (Wildman–Crippen LogP) is 6.14. The maximum atomic E-state index is 13.0. The summed E-state index contributed by atoms with van der Waals surface area (Å²) >= 11 is 0. The number of nitrogens with one attached hydrogen (secondary N) is 1. The number of H-pyrrole nitrogens is 1. The van der Waals surface area contributed by atoms with Gasteiger partial charge in [0.2, 0.25) is 0 Å². The normalized spacial score (nSPS) is 11.9. The minimum absolute atomic E-state index is 0.307. The van der Waals surface area contributed by atoms with Gasteiger partial charge in [0.05, 0.1) is 29.0 Å². The molecule has 0 fully saturated rings. The molecular weight excluding hydrogens is 405 g/mol. The van der Waals surface area contributed by atoms with Gasteiger partial charge in [-0.15, -0.1) is 0 Å². The summed E-state index contributed by atoms with van der Waals surface area (Å²) in [4.78, 5) is 7.90. The van der Waals surface area contributed by atoms with Crippen LogP contribution in [0.5, 0.6) is 5.75 Å². The third-order valence-electron chi connectivity index (χ3n) is 5.16. The van der Waals surface area contributed by atoms with E-state index in [1.54, 1.807) is 6.07 Å². The van der Waals surface area contributed by atoms with E-state index >= 15 is 0 Å². The Kier molecular flexibility index (Phi) is 5.47. The molecule has 0 aliphatic rings. The summed E-state index contributed by atoms with van der Waals surface area (Å²) in [6.07, 6.45) is -2.40. The molecule has 3 heterocycles. The van der Waals surface area contributed by atoms with Crippen LogP contribution in [0, 0.1) is 6.92 Å². The molecule has 0 aliphatic carbocycles. The van der Waals surface area contributed by atoms with Crippen LogP contribution in [0.25, 0.3) is 33.7 Å². The van der Waals surface area contributed by atoms with E-state index in [1.165, 1.54) is 11.7 Å². The fourth-order valence-corrected chi connectivity index (χ4v) is 3.50. The summed E-state index contributed by atoms with van der Waals surface area (Å²) < 4.78 is 45.9. The van der Waals surface area contributed by atoms with Gasteiger partial charge in [-0.2, -0.15) is 18.3 Å². The van der Waals surface area contributed by atoms with Gasteiger partial charge in [0, 0.05) is 18.3 Å². The Morgan fingerprint density at radius 3 is 2.58 bits per heavy atom. The highest BCUT2D eigenvalue weighted by Crippen LogP contribution is 2.33. The second-order valence-electron chi connectivity index (χ2n) is 7.53. The van der Waals surface area contributed by atoms with Crippen molar-refractivity contribution in [2.45, 2.75) is 32.9 Å². The van der Waals surface area contributed by atoms with Gasteiger partial charge in [0.15, 0.2) is 5.69 Å². The highest BCUT2D eigenvalue weighted by Gasteiger charge is 2.34. The van der Waals surface area contributed by atoms with E-state index in [1.807, 2.05) is 37.3 Å². The van der Waals surface area contributed by atoms with Gasteiger partial charge >= 0.3 is 6.18 Å². The fraction of sp³-hybridized carbons (Fsp3) is 0.304. The molecule has 4 aromatic rings. The second-order valence-corrected chi connectivity index (χ2v) is 7.53. The molecular formula is C23H23F3N4O. The minimum atomic E-state index is -4.49. The number of alkyl halides is 3. The number of benzene rings is 1. The molecule has 0 spiro atoms. The van der Waals surface area contributed by atoms with E-state index in [-0.39, 0.29) is 0 Å². The van der Waals surface area contributed by atoms with E-state index in [4.69, 9.17) is 4.74 Å². The third-order valence-corrected chi connectivity index (χ3v) is 5.16. The molecule has 0 aliphatic heterocycles. The van der Waals surface area contributed by atoms with E-state index in [9.17, 15) is 13.2 Å². The van der Waals surface area contributed by atoms with Gasteiger partial charge in [-0.1, -0.05) is 13.3 Å². The van der Waals surface area contributed by atoms with Crippen LogP contribution in [0.15, 0.2) is 42.5 Å². The van der Waals surface area contributed by atoms with Gasteiger partial charge in [0.1, 0.15) is 5.75 Å². The molecule has 0 atom stereocenters. The lowest BCUT2D eigenvalue weighted by atomic mass is 10.1. The van der Waals surface area contributed by atoms with Crippen LogP contribution in [0.1, 0.15) is 31.0 Å². The van der Waals surface area contributed by atoms with Gasteiger partial charge in [-0.3, -0.25) is 4.68 Å². The first kappa shape index (κ1) is 21.0. The molecule has 1 aromatic carbocycles. The summed E-state index contributed by atoms with van der Waals surface area (Å²) in [5.74, 6) is 0.836. The maximum absolute atomic E-state index is 13.0. The Bertz CT molecular complexity index is 1220. The number of aromatic amines is 1. The van der Waals surface area contributed by atoms with E-state index in [0.717, 1.165) is 47.0 Å². The number of fused-ring (bicyclic) bond motifs is 1. The summed E-state index contributed by atoms with van der Waals surface area (Å²) in [6, 6.07) is 12.4. The van der Waals surface area contributed by atoms with Crippen molar-refractivity contribution in [2.75, 3.05) is 6.61 Å². The van der Waals surface area contributed by atoms with Crippen molar-refractivity contribution in [1.29, 1.82) is 0 Å². The van der Waals surface area contributed by atoms with Crippen molar-refractivity contribution in [3.8, 4) is 28.4 Å². The molecule has 8 heteroatoms. The lowest BCUT2D eigenvalue weighted by Crippen LogP contribution is -2.06. The van der Waals surface area contributed by atoms with Gasteiger partial charge in [-0.25, -0.2) is 4.98 Å².